The van der Waals surface area contributed by atoms with E-state index in [1.807, 2.05) is 0 Å². The van der Waals surface area contributed by atoms with Crippen molar-refractivity contribution in [1.29, 1.82) is 0 Å². The van der Waals surface area contributed by atoms with E-state index < -0.39 is 9.05 Å². The van der Waals surface area contributed by atoms with Crippen LogP contribution < -0.4 is 5.32 Å². The molecule has 1 aromatic carbocycles. The summed E-state index contributed by atoms with van der Waals surface area (Å²) in [6, 6.07) is 4.54. The molecule has 110 valence electrons. The molecule has 1 amide bonds. The molecule has 0 radical (unpaired) electrons. The number of aryl methyl sites for hydroxylation is 1. The summed E-state index contributed by atoms with van der Waals surface area (Å²) >= 11 is 0. The smallest absolute Gasteiger partial charge is 0.261 e. The number of amides is 1. The van der Waals surface area contributed by atoms with Crippen LogP contribution in [0.5, 0.6) is 0 Å². The maximum atomic E-state index is 12.3. The predicted molar refractivity (Wildman–Crippen MR) is 78.6 cm³/mol. The Labute approximate surface area is 123 Å². The van der Waals surface area contributed by atoms with E-state index in [4.69, 9.17) is 10.7 Å². The van der Waals surface area contributed by atoms with Crippen molar-refractivity contribution in [2.45, 2.75) is 50.0 Å². The first-order valence-corrected chi connectivity index (χ1v) is 9.05. The van der Waals surface area contributed by atoms with E-state index in [-0.39, 0.29) is 16.8 Å². The molecule has 1 saturated carbocycles. The molecule has 0 unspecified atom stereocenters. The third kappa shape index (κ3) is 3.73. The molecule has 1 aliphatic rings. The van der Waals surface area contributed by atoms with Crippen molar-refractivity contribution in [2.24, 2.45) is 0 Å². The van der Waals surface area contributed by atoms with E-state index in [0.717, 1.165) is 31.2 Å². The number of hydrogen-bond donors (Lipinski definition) is 1. The predicted octanol–water partition coefficient (Wildman–Crippen LogP) is 2.99. The Morgan fingerprint density at radius 2 is 1.90 bits per heavy atom. The Balaban J connectivity index is 2.20. The van der Waals surface area contributed by atoms with Crippen LogP contribution in [-0.2, 0) is 9.05 Å². The first-order valence-electron chi connectivity index (χ1n) is 6.74. The Morgan fingerprint density at radius 3 is 2.50 bits per heavy atom. The van der Waals surface area contributed by atoms with E-state index in [1.165, 1.54) is 18.6 Å². The Hall–Kier alpha value is -1.07. The van der Waals surface area contributed by atoms with Gasteiger partial charge in [0, 0.05) is 22.3 Å². The minimum absolute atomic E-state index is 0.0430. The normalized spacial score (nSPS) is 16.9. The van der Waals surface area contributed by atoms with Crippen LogP contribution in [-0.4, -0.2) is 20.4 Å². The van der Waals surface area contributed by atoms with Gasteiger partial charge in [0.25, 0.3) is 15.0 Å². The van der Waals surface area contributed by atoms with Crippen LogP contribution in [0.2, 0.25) is 0 Å². The van der Waals surface area contributed by atoms with Gasteiger partial charge in [0.1, 0.15) is 0 Å². The summed E-state index contributed by atoms with van der Waals surface area (Å²) in [5.41, 5.74) is 1.11. The molecule has 0 saturated heterocycles. The molecule has 0 heterocycles. The number of nitrogens with one attached hydrogen (secondary N) is 1. The second kappa shape index (κ2) is 6.14. The zero-order valence-electron chi connectivity index (χ0n) is 11.4. The molecule has 1 aromatic rings. The minimum atomic E-state index is -3.82. The van der Waals surface area contributed by atoms with Gasteiger partial charge in [-0.05, 0) is 37.5 Å². The molecule has 20 heavy (non-hydrogen) atoms. The highest BCUT2D eigenvalue weighted by Gasteiger charge is 2.19. The molecule has 1 aliphatic carbocycles. The fourth-order valence-corrected chi connectivity index (χ4v) is 3.28. The summed E-state index contributed by atoms with van der Waals surface area (Å²) in [5, 5.41) is 2.98. The Kier molecular flexibility index (Phi) is 4.70. The third-order valence-electron chi connectivity index (χ3n) is 3.68. The Bertz CT molecular complexity index is 607. The van der Waals surface area contributed by atoms with Gasteiger partial charge in [0.05, 0.1) is 4.90 Å². The van der Waals surface area contributed by atoms with Crippen LogP contribution in [0.4, 0.5) is 0 Å². The molecule has 6 heteroatoms. The van der Waals surface area contributed by atoms with Gasteiger partial charge in [0.15, 0.2) is 0 Å². The molecule has 0 aromatic heterocycles. The van der Waals surface area contributed by atoms with E-state index in [2.05, 4.69) is 5.32 Å². The van der Waals surface area contributed by atoms with E-state index in [1.54, 1.807) is 13.0 Å². The SMILES string of the molecule is Cc1ccc(S(=O)(=O)Cl)cc1C(=O)NC1CCCCC1. The average Bonchev–Trinajstić information content (AvgIpc) is 2.39. The largest absolute Gasteiger partial charge is 0.349 e. The van der Waals surface area contributed by atoms with Crippen molar-refractivity contribution in [1.82, 2.24) is 5.32 Å². The lowest BCUT2D eigenvalue weighted by Crippen LogP contribution is -2.36. The maximum Gasteiger partial charge on any atom is 0.261 e. The highest BCUT2D eigenvalue weighted by Crippen LogP contribution is 2.21. The summed E-state index contributed by atoms with van der Waals surface area (Å²) < 4.78 is 22.7. The monoisotopic (exact) mass is 315 g/mol. The average molecular weight is 316 g/mol. The quantitative estimate of drug-likeness (QED) is 0.872. The van der Waals surface area contributed by atoms with E-state index in [0.29, 0.717) is 5.56 Å². The van der Waals surface area contributed by atoms with Crippen molar-refractivity contribution in [3.8, 4) is 0 Å². The van der Waals surface area contributed by atoms with Crippen LogP contribution in [0.3, 0.4) is 0 Å². The first-order chi connectivity index (χ1) is 9.38. The maximum absolute atomic E-state index is 12.3. The van der Waals surface area contributed by atoms with Crippen molar-refractivity contribution < 1.29 is 13.2 Å². The van der Waals surface area contributed by atoms with Crippen molar-refractivity contribution in [2.75, 3.05) is 0 Å². The van der Waals surface area contributed by atoms with Crippen molar-refractivity contribution >= 4 is 25.6 Å². The van der Waals surface area contributed by atoms with Gasteiger partial charge < -0.3 is 5.32 Å². The molecular formula is C14H18ClNO3S. The van der Waals surface area contributed by atoms with Gasteiger partial charge >= 0.3 is 0 Å². The summed E-state index contributed by atoms with van der Waals surface area (Å²) in [6.45, 7) is 1.78. The molecule has 0 spiro atoms. The van der Waals surface area contributed by atoms with Gasteiger partial charge in [-0.1, -0.05) is 25.3 Å². The van der Waals surface area contributed by atoms with Crippen LogP contribution >= 0.6 is 10.7 Å². The second-order valence-corrected chi connectivity index (χ2v) is 7.79. The van der Waals surface area contributed by atoms with Gasteiger partial charge in [-0.25, -0.2) is 8.42 Å². The third-order valence-corrected chi connectivity index (χ3v) is 5.03. The lowest BCUT2D eigenvalue weighted by molar-refractivity contribution is 0.0927. The zero-order chi connectivity index (χ0) is 14.8. The summed E-state index contributed by atoms with van der Waals surface area (Å²) in [4.78, 5) is 12.2. The van der Waals surface area contributed by atoms with Crippen LogP contribution in [0.15, 0.2) is 23.1 Å². The molecule has 0 bridgehead atoms. The molecule has 2 rings (SSSR count). The highest BCUT2D eigenvalue weighted by molar-refractivity contribution is 8.13. The van der Waals surface area contributed by atoms with Gasteiger partial charge in [-0.2, -0.15) is 0 Å². The summed E-state index contributed by atoms with van der Waals surface area (Å²) in [6.07, 6.45) is 5.43. The lowest BCUT2D eigenvalue weighted by Gasteiger charge is -2.23. The lowest BCUT2D eigenvalue weighted by atomic mass is 9.95. The topological polar surface area (TPSA) is 63.2 Å². The summed E-state index contributed by atoms with van der Waals surface area (Å²) in [7, 11) is 1.50. The van der Waals surface area contributed by atoms with Crippen LogP contribution in [0.1, 0.15) is 48.0 Å². The first kappa shape index (κ1) is 15.3. The fourth-order valence-electron chi connectivity index (χ4n) is 2.51. The zero-order valence-corrected chi connectivity index (χ0v) is 12.9. The molecule has 1 N–H and O–H groups in total. The van der Waals surface area contributed by atoms with Gasteiger partial charge in [0.2, 0.25) is 0 Å². The number of carbonyl (C=O) groups excluding carboxylic acids is 1. The van der Waals surface area contributed by atoms with E-state index >= 15 is 0 Å². The second-order valence-electron chi connectivity index (χ2n) is 5.22. The Morgan fingerprint density at radius 1 is 1.25 bits per heavy atom. The molecule has 4 nitrogen and oxygen atoms in total. The summed E-state index contributed by atoms with van der Waals surface area (Å²) in [5.74, 6) is -0.225. The molecule has 0 atom stereocenters. The number of hydrogen-bond acceptors (Lipinski definition) is 3. The molecular weight excluding hydrogens is 298 g/mol. The number of benzene rings is 1. The van der Waals surface area contributed by atoms with Crippen LogP contribution in [0.25, 0.3) is 0 Å². The molecule has 1 fully saturated rings. The minimum Gasteiger partial charge on any atom is -0.349 e. The van der Waals surface area contributed by atoms with Crippen molar-refractivity contribution in [3.63, 3.8) is 0 Å². The molecule has 0 aliphatic heterocycles. The fraction of sp³-hybridized carbons (Fsp3) is 0.500. The standard InChI is InChI=1S/C14H18ClNO3S/c1-10-7-8-12(20(15,18)19)9-13(10)14(17)16-11-5-3-2-4-6-11/h7-9,11H,2-6H2,1H3,(H,16,17). The number of rotatable bonds is 3. The van der Waals surface area contributed by atoms with Gasteiger partial charge in [-0.3, -0.25) is 4.79 Å². The highest BCUT2D eigenvalue weighted by atomic mass is 35.7. The van der Waals surface area contributed by atoms with Gasteiger partial charge in [-0.15, -0.1) is 0 Å². The van der Waals surface area contributed by atoms with Crippen LogP contribution in [0, 0.1) is 6.92 Å². The van der Waals surface area contributed by atoms with E-state index in [9.17, 15) is 13.2 Å². The number of carbonyl (C=O) groups is 1. The van der Waals surface area contributed by atoms with Crippen molar-refractivity contribution in [3.05, 3.63) is 29.3 Å². The number of halogens is 1.